The SMILES string of the molecule is CC(N)Cc1cccnc1-n1cnc(I)c1I. The molecule has 0 aromatic carbocycles. The zero-order chi connectivity index (χ0) is 12.4. The fourth-order valence-corrected chi connectivity index (χ4v) is 2.49. The molecule has 17 heavy (non-hydrogen) atoms. The van der Waals surface area contributed by atoms with Crippen molar-refractivity contribution in [3.05, 3.63) is 37.6 Å². The van der Waals surface area contributed by atoms with Crippen LogP contribution in [0.3, 0.4) is 0 Å². The van der Waals surface area contributed by atoms with E-state index in [0.29, 0.717) is 0 Å². The second-order valence-electron chi connectivity index (χ2n) is 3.86. The van der Waals surface area contributed by atoms with Gasteiger partial charge in [-0.2, -0.15) is 0 Å². The van der Waals surface area contributed by atoms with Crippen LogP contribution in [0.15, 0.2) is 24.7 Å². The van der Waals surface area contributed by atoms with Gasteiger partial charge in [-0.05, 0) is 70.2 Å². The Morgan fingerprint density at radius 3 is 2.76 bits per heavy atom. The van der Waals surface area contributed by atoms with Gasteiger partial charge in [-0.1, -0.05) is 6.07 Å². The average Bonchev–Trinajstić information content (AvgIpc) is 2.60. The molecule has 0 aliphatic heterocycles. The summed E-state index contributed by atoms with van der Waals surface area (Å²) < 4.78 is 4.06. The highest BCUT2D eigenvalue weighted by molar-refractivity contribution is 14.1. The van der Waals surface area contributed by atoms with Crippen LogP contribution in [0.4, 0.5) is 0 Å². The highest BCUT2D eigenvalue weighted by atomic mass is 127. The van der Waals surface area contributed by atoms with Crippen molar-refractivity contribution >= 4 is 45.2 Å². The zero-order valence-corrected chi connectivity index (χ0v) is 13.6. The van der Waals surface area contributed by atoms with Gasteiger partial charge in [0.2, 0.25) is 0 Å². The maximum atomic E-state index is 5.86. The second-order valence-corrected chi connectivity index (χ2v) is 5.91. The van der Waals surface area contributed by atoms with Crippen LogP contribution in [-0.4, -0.2) is 20.6 Å². The van der Waals surface area contributed by atoms with E-state index in [1.54, 1.807) is 12.5 Å². The van der Waals surface area contributed by atoms with E-state index in [1.807, 2.05) is 17.6 Å². The molecule has 0 radical (unpaired) electrons. The van der Waals surface area contributed by atoms with E-state index in [1.165, 1.54) is 0 Å². The van der Waals surface area contributed by atoms with Crippen LogP contribution in [0.5, 0.6) is 0 Å². The largest absolute Gasteiger partial charge is 0.328 e. The third-order valence-electron chi connectivity index (χ3n) is 2.31. The van der Waals surface area contributed by atoms with Gasteiger partial charge < -0.3 is 5.73 Å². The quantitative estimate of drug-likeness (QED) is 0.726. The second kappa shape index (κ2) is 5.61. The lowest BCUT2D eigenvalue weighted by atomic mass is 10.1. The van der Waals surface area contributed by atoms with Gasteiger partial charge in [0.05, 0.1) is 0 Å². The minimum Gasteiger partial charge on any atom is -0.328 e. The van der Waals surface area contributed by atoms with Crippen LogP contribution < -0.4 is 5.73 Å². The van der Waals surface area contributed by atoms with Crippen molar-refractivity contribution in [3.8, 4) is 5.82 Å². The Bertz CT molecular complexity index is 522. The Kier molecular flexibility index (Phi) is 4.36. The molecular weight excluding hydrogens is 442 g/mol. The van der Waals surface area contributed by atoms with Gasteiger partial charge in [-0.25, -0.2) is 9.97 Å². The molecule has 0 amide bonds. The molecule has 2 N–H and O–H groups in total. The Balaban J connectivity index is 2.48. The predicted octanol–water partition coefficient (Wildman–Crippen LogP) is 2.37. The molecule has 2 aromatic heterocycles. The number of rotatable bonds is 3. The Labute approximate surface area is 127 Å². The van der Waals surface area contributed by atoms with Crippen LogP contribution in [0.2, 0.25) is 0 Å². The summed E-state index contributed by atoms with van der Waals surface area (Å²) in [7, 11) is 0. The van der Waals surface area contributed by atoms with Gasteiger partial charge in [-0.15, -0.1) is 0 Å². The van der Waals surface area contributed by atoms with Crippen molar-refractivity contribution in [1.82, 2.24) is 14.5 Å². The molecule has 0 bridgehead atoms. The van der Waals surface area contributed by atoms with Gasteiger partial charge in [-0.3, -0.25) is 4.57 Å². The summed E-state index contributed by atoms with van der Waals surface area (Å²) in [5, 5.41) is 0. The molecule has 0 spiro atoms. The summed E-state index contributed by atoms with van der Waals surface area (Å²) in [6, 6.07) is 4.13. The lowest BCUT2D eigenvalue weighted by Crippen LogP contribution is -2.19. The maximum absolute atomic E-state index is 5.86. The van der Waals surface area contributed by atoms with Crippen LogP contribution >= 0.6 is 45.2 Å². The van der Waals surface area contributed by atoms with Crippen molar-refractivity contribution in [1.29, 1.82) is 0 Å². The molecule has 0 aliphatic carbocycles. The first-order valence-electron chi connectivity index (χ1n) is 5.17. The number of pyridine rings is 1. The van der Waals surface area contributed by atoms with Crippen molar-refractivity contribution in [2.24, 2.45) is 5.73 Å². The fraction of sp³-hybridized carbons (Fsp3) is 0.273. The Morgan fingerprint density at radius 2 is 2.18 bits per heavy atom. The molecule has 1 unspecified atom stereocenters. The topological polar surface area (TPSA) is 56.7 Å². The van der Waals surface area contributed by atoms with E-state index < -0.39 is 0 Å². The third kappa shape index (κ3) is 2.97. The Hall–Kier alpha value is -0.220. The highest BCUT2D eigenvalue weighted by Crippen LogP contribution is 2.20. The predicted molar refractivity (Wildman–Crippen MR) is 84.1 cm³/mol. The monoisotopic (exact) mass is 454 g/mol. The number of halogens is 2. The number of imidazole rings is 1. The van der Waals surface area contributed by atoms with Crippen LogP contribution in [0.25, 0.3) is 5.82 Å². The van der Waals surface area contributed by atoms with Gasteiger partial charge in [0.25, 0.3) is 0 Å². The molecule has 6 heteroatoms. The van der Waals surface area contributed by atoms with Crippen molar-refractivity contribution in [2.45, 2.75) is 19.4 Å². The van der Waals surface area contributed by atoms with Crippen molar-refractivity contribution < 1.29 is 0 Å². The van der Waals surface area contributed by atoms with Crippen LogP contribution in [0.1, 0.15) is 12.5 Å². The lowest BCUT2D eigenvalue weighted by Gasteiger charge is -2.11. The molecular formula is C11H12I2N4. The molecule has 4 nitrogen and oxygen atoms in total. The number of nitrogens with two attached hydrogens (primary N) is 1. The van der Waals surface area contributed by atoms with E-state index in [-0.39, 0.29) is 6.04 Å². The molecule has 0 saturated carbocycles. The number of hydrogen-bond donors (Lipinski definition) is 1. The normalized spacial score (nSPS) is 12.7. The molecule has 2 aromatic rings. The van der Waals surface area contributed by atoms with Crippen LogP contribution in [-0.2, 0) is 6.42 Å². The highest BCUT2D eigenvalue weighted by Gasteiger charge is 2.12. The minimum absolute atomic E-state index is 0.123. The average molecular weight is 454 g/mol. The molecule has 0 fully saturated rings. The van der Waals surface area contributed by atoms with Gasteiger partial charge in [0.15, 0.2) is 0 Å². The smallest absolute Gasteiger partial charge is 0.141 e. The summed E-state index contributed by atoms with van der Waals surface area (Å²) in [5.74, 6) is 0.921. The zero-order valence-electron chi connectivity index (χ0n) is 9.27. The number of aromatic nitrogens is 3. The number of nitrogens with zero attached hydrogens (tertiary/aromatic N) is 3. The van der Waals surface area contributed by atoms with Gasteiger partial charge in [0, 0.05) is 12.2 Å². The molecule has 90 valence electrons. The standard InChI is InChI=1S/C11H12I2N4/c1-7(14)5-8-3-2-4-15-11(8)17-6-16-9(12)10(17)13/h2-4,6-7H,5,14H2,1H3. The molecule has 1 atom stereocenters. The molecule has 2 rings (SSSR count). The summed E-state index contributed by atoms with van der Waals surface area (Å²) in [6.07, 6.45) is 4.41. The summed E-state index contributed by atoms with van der Waals surface area (Å²) in [5.41, 5.74) is 7.01. The van der Waals surface area contributed by atoms with Gasteiger partial charge >= 0.3 is 0 Å². The summed E-state index contributed by atoms with van der Waals surface area (Å²) >= 11 is 4.49. The molecule has 0 saturated heterocycles. The first-order valence-corrected chi connectivity index (χ1v) is 7.33. The van der Waals surface area contributed by atoms with Crippen molar-refractivity contribution in [3.63, 3.8) is 0 Å². The van der Waals surface area contributed by atoms with E-state index in [9.17, 15) is 0 Å². The van der Waals surface area contributed by atoms with E-state index in [2.05, 4.69) is 61.2 Å². The van der Waals surface area contributed by atoms with Crippen molar-refractivity contribution in [2.75, 3.05) is 0 Å². The van der Waals surface area contributed by atoms with E-state index in [4.69, 9.17) is 5.73 Å². The van der Waals surface area contributed by atoms with Crippen LogP contribution in [0, 0.1) is 7.40 Å². The maximum Gasteiger partial charge on any atom is 0.141 e. The Morgan fingerprint density at radius 1 is 1.41 bits per heavy atom. The minimum atomic E-state index is 0.123. The van der Waals surface area contributed by atoms with E-state index >= 15 is 0 Å². The molecule has 2 heterocycles. The first kappa shape index (κ1) is 13.2. The summed E-state index contributed by atoms with van der Waals surface area (Å²) in [6.45, 7) is 2.00. The summed E-state index contributed by atoms with van der Waals surface area (Å²) in [4.78, 5) is 8.72. The molecule has 0 aliphatic rings. The third-order valence-corrected chi connectivity index (χ3v) is 5.16. The fourth-order valence-electron chi connectivity index (χ4n) is 1.61. The first-order chi connectivity index (χ1) is 8.09. The van der Waals surface area contributed by atoms with E-state index in [0.717, 1.165) is 25.2 Å². The lowest BCUT2D eigenvalue weighted by molar-refractivity contribution is 0.728. The number of hydrogen-bond acceptors (Lipinski definition) is 3. The van der Waals surface area contributed by atoms with Gasteiger partial charge in [0.1, 0.15) is 19.5 Å².